The van der Waals surface area contributed by atoms with Gasteiger partial charge in [0.05, 0.1) is 17.7 Å². The number of aliphatic hydroxyl groups is 1. The van der Waals surface area contributed by atoms with Crippen molar-refractivity contribution in [2.75, 3.05) is 20.3 Å². The van der Waals surface area contributed by atoms with Crippen molar-refractivity contribution in [1.82, 2.24) is 5.32 Å². The first-order chi connectivity index (χ1) is 9.33. The Morgan fingerprint density at radius 3 is 2.60 bits per heavy atom. The first-order valence-corrected chi connectivity index (χ1v) is 6.21. The average molecular weight is 287 g/mol. The molecule has 112 valence electrons. The summed E-state index contributed by atoms with van der Waals surface area (Å²) in [5, 5.41) is 11.6. The summed E-state index contributed by atoms with van der Waals surface area (Å²) in [6.45, 7) is 3.15. The van der Waals surface area contributed by atoms with Crippen LogP contribution in [0.25, 0.3) is 0 Å². The molecule has 0 heterocycles. The Morgan fingerprint density at radius 1 is 1.40 bits per heavy atom. The number of nitrogens with one attached hydrogen (secondary N) is 1. The molecule has 0 fully saturated rings. The highest BCUT2D eigenvalue weighted by Crippen LogP contribution is 2.17. The average Bonchev–Trinajstić information content (AvgIpc) is 2.33. The van der Waals surface area contributed by atoms with Crippen LogP contribution in [-0.4, -0.2) is 36.9 Å². The summed E-state index contributed by atoms with van der Waals surface area (Å²) >= 11 is 0. The van der Waals surface area contributed by atoms with Gasteiger partial charge in [0.25, 0.3) is 5.91 Å². The van der Waals surface area contributed by atoms with Crippen molar-refractivity contribution >= 4 is 5.91 Å². The molecule has 0 saturated carbocycles. The predicted molar refractivity (Wildman–Crippen MR) is 70.5 cm³/mol. The lowest BCUT2D eigenvalue weighted by atomic mass is 9.98. The Kier molecular flexibility index (Phi) is 5.59. The number of aliphatic hydroxyl groups excluding tert-OH is 1. The van der Waals surface area contributed by atoms with E-state index in [4.69, 9.17) is 9.84 Å². The first-order valence-electron chi connectivity index (χ1n) is 6.21. The molecular weight excluding hydrogens is 268 g/mol. The van der Waals surface area contributed by atoms with Gasteiger partial charge in [0.2, 0.25) is 0 Å². The van der Waals surface area contributed by atoms with Crippen LogP contribution in [-0.2, 0) is 4.74 Å². The highest BCUT2D eigenvalue weighted by molar-refractivity contribution is 5.95. The largest absolute Gasteiger partial charge is 0.396 e. The lowest BCUT2D eigenvalue weighted by molar-refractivity contribution is 0.0722. The Hall–Kier alpha value is -1.53. The smallest absolute Gasteiger partial charge is 0.254 e. The molecule has 4 nitrogen and oxygen atoms in total. The van der Waals surface area contributed by atoms with E-state index in [1.54, 1.807) is 6.92 Å². The molecule has 0 aliphatic heterocycles. The summed E-state index contributed by atoms with van der Waals surface area (Å²) in [4.78, 5) is 12.1. The molecule has 0 aliphatic rings. The number of aryl methyl sites for hydroxylation is 1. The minimum absolute atomic E-state index is 0.148. The van der Waals surface area contributed by atoms with Crippen molar-refractivity contribution in [1.29, 1.82) is 0 Å². The van der Waals surface area contributed by atoms with Gasteiger partial charge in [-0.2, -0.15) is 0 Å². The van der Waals surface area contributed by atoms with Crippen molar-refractivity contribution in [3.05, 3.63) is 34.9 Å². The van der Waals surface area contributed by atoms with Crippen molar-refractivity contribution in [3.63, 3.8) is 0 Å². The van der Waals surface area contributed by atoms with Gasteiger partial charge < -0.3 is 15.2 Å². The highest BCUT2D eigenvalue weighted by atomic mass is 19.1. The monoisotopic (exact) mass is 287 g/mol. The van der Waals surface area contributed by atoms with E-state index in [0.29, 0.717) is 6.07 Å². The van der Waals surface area contributed by atoms with Crippen LogP contribution >= 0.6 is 0 Å². The predicted octanol–water partition coefficient (Wildman–Crippen LogP) is 1.79. The van der Waals surface area contributed by atoms with E-state index >= 15 is 0 Å². The number of hydrogen-bond donors (Lipinski definition) is 2. The zero-order chi connectivity index (χ0) is 15.3. The van der Waals surface area contributed by atoms with Gasteiger partial charge >= 0.3 is 0 Å². The molecule has 2 N–H and O–H groups in total. The molecule has 1 amide bonds. The summed E-state index contributed by atoms with van der Waals surface area (Å²) < 4.78 is 31.8. The summed E-state index contributed by atoms with van der Waals surface area (Å²) in [6.07, 6.45) is 0.258. The van der Waals surface area contributed by atoms with Gasteiger partial charge in [0.1, 0.15) is 11.6 Å². The fraction of sp³-hybridized carbons (Fsp3) is 0.500. The lowest BCUT2D eigenvalue weighted by Gasteiger charge is -2.29. The number of halogens is 2. The number of benzene rings is 1. The molecule has 0 aromatic heterocycles. The highest BCUT2D eigenvalue weighted by Gasteiger charge is 2.27. The van der Waals surface area contributed by atoms with Gasteiger partial charge in [-0.3, -0.25) is 4.79 Å². The summed E-state index contributed by atoms with van der Waals surface area (Å²) in [5.74, 6) is -2.29. The van der Waals surface area contributed by atoms with Crippen LogP contribution in [0.2, 0.25) is 0 Å². The van der Waals surface area contributed by atoms with Crippen molar-refractivity contribution in [3.8, 4) is 0 Å². The van der Waals surface area contributed by atoms with Crippen LogP contribution in [0.1, 0.15) is 29.3 Å². The molecule has 6 heteroatoms. The quantitative estimate of drug-likeness (QED) is 0.838. The Balaban J connectivity index is 2.97. The molecule has 1 rings (SSSR count). The second kappa shape index (κ2) is 6.76. The number of carbonyl (C=O) groups is 1. The molecule has 1 atom stereocenters. The maximum Gasteiger partial charge on any atom is 0.254 e. The molecule has 0 spiro atoms. The van der Waals surface area contributed by atoms with Crippen LogP contribution in [0.15, 0.2) is 12.1 Å². The van der Waals surface area contributed by atoms with Crippen LogP contribution in [0.5, 0.6) is 0 Å². The third-order valence-electron chi connectivity index (χ3n) is 3.03. The molecule has 0 radical (unpaired) electrons. The van der Waals surface area contributed by atoms with E-state index in [1.807, 2.05) is 0 Å². The molecular formula is C14H19F2NO3. The van der Waals surface area contributed by atoms with E-state index in [1.165, 1.54) is 14.0 Å². The number of ether oxygens (including phenoxy) is 1. The number of amides is 1. The second-order valence-corrected chi connectivity index (χ2v) is 5.00. The minimum Gasteiger partial charge on any atom is -0.396 e. The fourth-order valence-corrected chi connectivity index (χ4v) is 1.91. The zero-order valence-corrected chi connectivity index (χ0v) is 11.8. The molecule has 0 bridgehead atoms. The van der Waals surface area contributed by atoms with Gasteiger partial charge in [-0.05, 0) is 31.9 Å². The maximum atomic E-state index is 13.6. The summed E-state index contributed by atoms with van der Waals surface area (Å²) in [5.41, 5.74) is -0.869. The second-order valence-electron chi connectivity index (χ2n) is 5.00. The Morgan fingerprint density at radius 2 is 2.05 bits per heavy atom. The SMILES string of the molecule is COC[C@@](C)(CCO)NC(=O)c1cc(C)c(F)cc1F. The lowest BCUT2D eigenvalue weighted by Crippen LogP contribution is -2.50. The van der Waals surface area contributed by atoms with Gasteiger partial charge in [0, 0.05) is 19.8 Å². The van der Waals surface area contributed by atoms with Crippen molar-refractivity contribution in [2.24, 2.45) is 0 Å². The van der Waals surface area contributed by atoms with Crippen LogP contribution in [0.4, 0.5) is 8.78 Å². The molecule has 1 aromatic rings. The molecule has 0 unspecified atom stereocenters. The van der Waals surface area contributed by atoms with E-state index in [0.717, 1.165) is 6.07 Å². The van der Waals surface area contributed by atoms with E-state index < -0.39 is 23.1 Å². The standard InChI is InChI=1S/C14H19F2NO3/c1-9-6-10(12(16)7-11(9)15)13(19)17-14(2,4-5-18)8-20-3/h6-7,18H,4-5,8H2,1-3H3,(H,17,19)/t14-/m1/s1. The van der Waals surface area contributed by atoms with Crippen LogP contribution in [0.3, 0.4) is 0 Å². The number of carbonyl (C=O) groups excluding carboxylic acids is 1. The number of rotatable bonds is 6. The topological polar surface area (TPSA) is 58.6 Å². The maximum absolute atomic E-state index is 13.6. The first kappa shape index (κ1) is 16.5. The van der Waals surface area contributed by atoms with Crippen molar-refractivity contribution < 1.29 is 23.4 Å². The van der Waals surface area contributed by atoms with Crippen LogP contribution in [0, 0.1) is 18.6 Å². The van der Waals surface area contributed by atoms with Crippen molar-refractivity contribution in [2.45, 2.75) is 25.8 Å². The molecule has 20 heavy (non-hydrogen) atoms. The van der Waals surface area contributed by atoms with Gasteiger partial charge in [-0.1, -0.05) is 0 Å². The third kappa shape index (κ3) is 3.98. The zero-order valence-electron chi connectivity index (χ0n) is 11.8. The van der Waals surface area contributed by atoms with E-state index in [2.05, 4.69) is 5.32 Å². The number of hydrogen-bond acceptors (Lipinski definition) is 3. The van der Waals surface area contributed by atoms with Gasteiger partial charge in [-0.15, -0.1) is 0 Å². The minimum atomic E-state index is -0.922. The Bertz CT molecular complexity index is 486. The summed E-state index contributed by atoms with van der Waals surface area (Å²) in [7, 11) is 1.46. The van der Waals surface area contributed by atoms with Gasteiger partial charge in [0.15, 0.2) is 0 Å². The fourth-order valence-electron chi connectivity index (χ4n) is 1.91. The Labute approximate surface area is 116 Å². The molecule has 0 aliphatic carbocycles. The normalized spacial score (nSPS) is 13.9. The molecule has 0 saturated heterocycles. The van der Waals surface area contributed by atoms with E-state index in [-0.39, 0.29) is 30.8 Å². The van der Waals surface area contributed by atoms with Crippen LogP contribution < -0.4 is 5.32 Å². The summed E-state index contributed by atoms with van der Waals surface area (Å²) in [6, 6.07) is 1.84. The third-order valence-corrected chi connectivity index (χ3v) is 3.03. The number of methoxy groups -OCH3 is 1. The van der Waals surface area contributed by atoms with E-state index in [9.17, 15) is 13.6 Å². The van der Waals surface area contributed by atoms with Gasteiger partial charge in [-0.25, -0.2) is 8.78 Å². The molecule has 1 aromatic carbocycles.